The fourth-order valence-corrected chi connectivity index (χ4v) is 3.55. The molecule has 0 unspecified atom stereocenters. The maximum Gasteiger partial charge on any atom is 0.236 e. The van der Waals surface area contributed by atoms with Gasteiger partial charge in [-0.25, -0.2) is 0 Å². The first-order valence-corrected chi connectivity index (χ1v) is 9.28. The summed E-state index contributed by atoms with van der Waals surface area (Å²) in [6.45, 7) is 2.43. The highest BCUT2D eigenvalue weighted by molar-refractivity contribution is 5.85. The zero-order valence-corrected chi connectivity index (χ0v) is 16.0. The van der Waals surface area contributed by atoms with E-state index in [1.54, 1.807) is 12.0 Å². The van der Waals surface area contributed by atoms with Crippen molar-refractivity contribution in [3.63, 3.8) is 0 Å². The molecule has 6 heteroatoms. The van der Waals surface area contributed by atoms with Crippen molar-refractivity contribution < 1.29 is 14.3 Å². The molecule has 0 bridgehead atoms. The molecule has 2 amide bonds. The second-order valence-corrected chi connectivity index (χ2v) is 7.25. The third kappa shape index (κ3) is 4.77. The summed E-state index contributed by atoms with van der Waals surface area (Å²) >= 11 is 0. The highest BCUT2D eigenvalue weighted by Crippen LogP contribution is 2.22. The zero-order valence-electron chi connectivity index (χ0n) is 16.0. The van der Waals surface area contributed by atoms with Crippen molar-refractivity contribution >= 4 is 22.6 Å². The van der Waals surface area contributed by atoms with E-state index in [9.17, 15) is 9.59 Å². The van der Waals surface area contributed by atoms with E-state index < -0.39 is 0 Å². The fraction of sp³-hybridized carbons (Fsp3) is 0.429. The maximum absolute atomic E-state index is 12.6. The topological polar surface area (TPSA) is 75.9 Å². The number of primary amides is 1. The first kappa shape index (κ1) is 19.2. The van der Waals surface area contributed by atoms with Gasteiger partial charge in [0.05, 0.1) is 13.7 Å². The van der Waals surface area contributed by atoms with Crippen LogP contribution in [0.4, 0.5) is 0 Å². The van der Waals surface area contributed by atoms with E-state index in [4.69, 9.17) is 10.5 Å². The van der Waals surface area contributed by atoms with Crippen molar-refractivity contribution in [2.75, 3.05) is 33.8 Å². The lowest BCUT2D eigenvalue weighted by molar-refractivity contribution is -0.132. The third-order valence-corrected chi connectivity index (χ3v) is 5.31. The normalized spacial score (nSPS) is 15.6. The van der Waals surface area contributed by atoms with Crippen LogP contribution in [0.2, 0.25) is 0 Å². The highest BCUT2D eigenvalue weighted by atomic mass is 16.5. The first-order valence-electron chi connectivity index (χ1n) is 9.28. The summed E-state index contributed by atoms with van der Waals surface area (Å²) in [5.41, 5.74) is 6.46. The number of piperidine rings is 1. The average Bonchev–Trinajstić information content (AvgIpc) is 2.67. The van der Waals surface area contributed by atoms with Crippen molar-refractivity contribution in [1.82, 2.24) is 9.80 Å². The number of rotatable bonds is 6. The smallest absolute Gasteiger partial charge is 0.236 e. The van der Waals surface area contributed by atoms with Gasteiger partial charge in [-0.3, -0.25) is 14.5 Å². The summed E-state index contributed by atoms with van der Waals surface area (Å²) in [5, 5.41) is 2.24. The van der Waals surface area contributed by atoms with Crippen LogP contribution in [-0.2, 0) is 16.1 Å². The lowest BCUT2D eigenvalue weighted by atomic mass is 9.96. The zero-order chi connectivity index (χ0) is 19.4. The van der Waals surface area contributed by atoms with Gasteiger partial charge in [-0.05, 0) is 60.5 Å². The molecule has 144 valence electrons. The number of nitrogens with zero attached hydrogens (tertiary/aromatic N) is 2. The van der Waals surface area contributed by atoms with Crippen LogP contribution in [0.1, 0.15) is 18.4 Å². The Bertz CT molecular complexity index is 829. The second kappa shape index (κ2) is 8.39. The number of methoxy groups -OCH3 is 1. The molecular weight excluding hydrogens is 342 g/mol. The van der Waals surface area contributed by atoms with Crippen LogP contribution >= 0.6 is 0 Å². The van der Waals surface area contributed by atoms with Crippen LogP contribution in [0.15, 0.2) is 36.4 Å². The summed E-state index contributed by atoms with van der Waals surface area (Å²) in [6.07, 6.45) is 1.47. The SMILES string of the molecule is COc1ccc2cc(CN(C)C(=O)CN3CCC(C(N)=O)CC3)ccc2c1. The number of hydrogen-bond acceptors (Lipinski definition) is 4. The van der Waals surface area contributed by atoms with Crippen LogP contribution < -0.4 is 10.5 Å². The Kier molecular flexibility index (Phi) is 5.96. The first-order chi connectivity index (χ1) is 13.0. The molecule has 0 radical (unpaired) electrons. The Labute approximate surface area is 159 Å². The molecule has 3 rings (SSSR count). The predicted molar refractivity (Wildman–Crippen MR) is 105 cm³/mol. The van der Waals surface area contributed by atoms with Crippen molar-refractivity contribution in [3.8, 4) is 5.75 Å². The molecule has 27 heavy (non-hydrogen) atoms. The molecule has 1 aliphatic heterocycles. The average molecular weight is 369 g/mol. The van der Waals surface area contributed by atoms with Gasteiger partial charge in [0.1, 0.15) is 5.75 Å². The van der Waals surface area contributed by atoms with Gasteiger partial charge in [0, 0.05) is 19.5 Å². The molecule has 0 atom stereocenters. The van der Waals surface area contributed by atoms with E-state index in [0.717, 1.165) is 48.0 Å². The number of fused-ring (bicyclic) bond motifs is 1. The molecule has 0 spiro atoms. The standard InChI is InChI=1S/C21H27N3O3/c1-23(20(25)14-24-9-7-16(8-10-24)21(22)26)13-15-3-4-18-12-19(27-2)6-5-17(18)11-15/h3-6,11-12,16H,7-10,13-14H2,1-2H3,(H2,22,26). The van der Waals surface area contributed by atoms with E-state index >= 15 is 0 Å². The maximum atomic E-state index is 12.6. The fourth-order valence-electron chi connectivity index (χ4n) is 3.55. The molecule has 6 nitrogen and oxygen atoms in total. The monoisotopic (exact) mass is 369 g/mol. The van der Waals surface area contributed by atoms with E-state index in [1.807, 2.05) is 31.3 Å². The van der Waals surface area contributed by atoms with Crippen LogP contribution in [-0.4, -0.2) is 55.4 Å². The van der Waals surface area contributed by atoms with Crippen molar-refractivity contribution in [3.05, 3.63) is 42.0 Å². The van der Waals surface area contributed by atoms with Crippen molar-refractivity contribution in [2.24, 2.45) is 11.7 Å². The van der Waals surface area contributed by atoms with E-state index in [0.29, 0.717) is 13.1 Å². The van der Waals surface area contributed by atoms with E-state index in [-0.39, 0.29) is 17.7 Å². The van der Waals surface area contributed by atoms with Gasteiger partial charge in [-0.1, -0.05) is 18.2 Å². The molecule has 2 aromatic carbocycles. The lowest BCUT2D eigenvalue weighted by Gasteiger charge is -2.31. The minimum atomic E-state index is -0.230. The Morgan fingerprint density at radius 1 is 1.15 bits per heavy atom. The number of likely N-dealkylation sites (N-methyl/N-ethyl adjacent to an activating group) is 1. The van der Waals surface area contributed by atoms with Gasteiger partial charge < -0.3 is 15.4 Å². The number of hydrogen-bond donors (Lipinski definition) is 1. The minimum Gasteiger partial charge on any atom is -0.497 e. The lowest BCUT2D eigenvalue weighted by Crippen LogP contribution is -2.43. The molecule has 1 heterocycles. The molecule has 1 fully saturated rings. The summed E-state index contributed by atoms with van der Waals surface area (Å²) < 4.78 is 5.26. The third-order valence-electron chi connectivity index (χ3n) is 5.31. The Hall–Kier alpha value is -2.60. The summed E-state index contributed by atoms with van der Waals surface area (Å²) in [5.74, 6) is 0.641. The number of ether oxygens (including phenoxy) is 1. The molecule has 0 aliphatic carbocycles. The Morgan fingerprint density at radius 3 is 2.48 bits per heavy atom. The number of amides is 2. The van der Waals surface area contributed by atoms with Crippen LogP contribution in [0, 0.1) is 5.92 Å². The second-order valence-electron chi connectivity index (χ2n) is 7.25. The molecular formula is C21H27N3O3. The van der Waals surface area contributed by atoms with Crippen LogP contribution in [0.25, 0.3) is 10.8 Å². The van der Waals surface area contributed by atoms with Gasteiger partial charge in [0.25, 0.3) is 0 Å². The molecule has 0 saturated carbocycles. The van der Waals surface area contributed by atoms with Crippen molar-refractivity contribution in [1.29, 1.82) is 0 Å². The van der Waals surface area contributed by atoms with Gasteiger partial charge in [0.2, 0.25) is 11.8 Å². The molecule has 1 saturated heterocycles. The van der Waals surface area contributed by atoms with Gasteiger partial charge in [0.15, 0.2) is 0 Å². The van der Waals surface area contributed by atoms with E-state index in [2.05, 4.69) is 17.0 Å². The number of carbonyl (C=O) groups excluding carboxylic acids is 2. The Balaban J connectivity index is 1.56. The minimum absolute atomic E-state index is 0.0506. The Morgan fingerprint density at radius 2 is 1.81 bits per heavy atom. The number of carbonyl (C=O) groups is 2. The number of benzene rings is 2. The predicted octanol–water partition coefficient (Wildman–Crippen LogP) is 2.00. The van der Waals surface area contributed by atoms with Gasteiger partial charge in [-0.15, -0.1) is 0 Å². The van der Waals surface area contributed by atoms with Crippen LogP contribution in [0.5, 0.6) is 5.75 Å². The molecule has 2 N–H and O–H groups in total. The van der Waals surface area contributed by atoms with Gasteiger partial charge in [-0.2, -0.15) is 0 Å². The highest BCUT2D eigenvalue weighted by Gasteiger charge is 2.24. The largest absolute Gasteiger partial charge is 0.497 e. The summed E-state index contributed by atoms with van der Waals surface area (Å²) in [6, 6.07) is 12.2. The number of nitrogens with two attached hydrogens (primary N) is 1. The van der Waals surface area contributed by atoms with E-state index in [1.165, 1.54) is 0 Å². The molecule has 2 aromatic rings. The summed E-state index contributed by atoms with van der Waals surface area (Å²) in [4.78, 5) is 27.7. The summed E-state index contributed by atoms with van der Waals surface area (Å²) in [7, 11) is 3.49. The molecule has 0 aromatic heterocycles. The van der Waals surface area contributed by atoms with Gasteiger partial charge >= 0.3 is 0 Å². The molecule has 1 aliphatic rings. The van der Waals surface area contributed by atoms with Crippen LogP contribution in [0.3, 0.4) is 0 Å². The number of likely N-dealkylation sites (tertiary alicyclic amines) is 1. The quantitative estimate of drug-likeness (QED) is 0.845. The van der Waals surface area contributed by atoms with Crippen molar-refractivity contribution in [2.45, 2.75) is 19.4 Å².